The quantitative estimate of drug-likeness (QED) is 0.868. The second kappa shape index (κ2) is 4.82. The maximum Gasteiger partial charge on any atom is 0.292 e. The van der Waals surface area contributed by atoms with E-state index in [9.17, 15) is 4.79 Å². The largest absolute Gasteiger partial charge is 0.379 e. The van der Waals surface area contributed by atoms with Crippen LogP contribution in [0.5, 0.6) is 0 Å². The normalized spacial score (nSPS) is 19.4. The molecule has 4 nitrogen and oxygen atoms in total. The van der Waals surface area contributed by atoms with Crippen LogP contribution in [0.2, 0.25) is 5.02 Å². The number of hydrogen-bond donors (Lipinski definition) is 1. The van der Waals surface area contributed by atoms with Gasteiger partial charge in [0.25, 0.3) is 5.56 Å². The van der Waals surface area contributed by atoms with E-state index in [1.165, 1.54) is 10.9 Å². The second-order valence-corrected chi connectivity index (χ2v) is 6.82. The van der Waals surface area contributed by atoms with Gasteiger partial charge in [0.1, 0.15) is 12.2 Å². The molecule has 0 atom stereocenters. The summed E-state index contributed by atoms with van der Waals surface area (Å²) >= 11 is 6.06. The van der Waals surface area contributed by atoms with Gasteiger partial charge >= 0.3 is 0 Å². The lowest BCUT2D eigenvalue weighted by molar-refractivity contribution is 0.457. The minimum Gasteiger partial charge on any atom is -0.379 e. The monoisotopic (exact) mass is 293 g/mol. The molecule has 1 heterocycles. The fraction of sp³-hybridized carbons (Fsp3) is 0.600. The highest BCUT2D eigenvalue weighted by atomic mass is 35.5. The molecule has 0 aromatic carbocycles. The van der Waals surface area contributed by atoms with Crippen molar-refractivity contribution in [3.8, 4) is 12.3 Å². The number of terminal acetylenes is 1. The molecular formula is C15H20ClN3O. The van der Waals surface area contributed by atoms with Crippen LogP contribution in [0.15, 0.2) is 11.0 Å². The number of anilines is 1. The molecule has 20 heavy (non-hydrogen) atoms. The van der Waals surface area contributed by atoms with Crippen LogP contribution in [0.4, 0.5) is 5.69 Å². The Morgan fingerprint density at radius 1 is 1.45 bits per heavy atom. The van der Waals surface area contributed by atoms with Gasteiger partial charge in [0.15, 0.2) is 0 Å². The molecule has 0 spiro atoms. The average Bonchev–Trinajstić information content (AvgIpc) is 2.74. The van der Waals surface area contributed by atoms with Crippen LogP contribution in [-0.4, -0.2) is 16.3 Å². The van der Waals surface area contributed by atoms with Crippen molar-refractivity contribution in [1.82, 2.24) is 9.78 Å². The molecule has 0 saturated heterocycles. The average molecular weight is 294 g/mol. The van der Waals surface area contributed by atoms with Crippen LogP contribution >= 0.6 is 11.6 Å². The second-order valence-electron chi connectivity index (χ2n) is 6.41. The van der Waals surface area contributed by atoms with Gasteiger partial charge in [-0.2, -0.15) is 5.10 Å². The molecule has 0 amide bonds. The van der Waals surface area contributed by atoms with Crippen molar-refractivity contribution in [3.63, 3.8) is 0 Å². The zero-order valence-corrected chi connectivity index (χ0v) is 13.1. The molecule has 1 N–H and O–H groups in total. The highest BCUT2D eigenvalue weighted by molar-refractivity contribution is 6.32. The van der Waals surface area contributed by atoms with E-state index in [4.69, 9.17) is 18.0 Å². The third-order valence-electron chi connectivity index (χ3n) is 5.04. The highest BCUT2D eigenvalue weighted by Gasteiger charge is 2.64. The molecule has 108 valence electrons. The van der Waals surface area contributed by atoms with Crippen molar-refractivity contribution < 1.29 is 0 Å². The number of nitrogens with zero attached hydrogens (tertiary/aromatic N) is 2. The molecular weight excluding hydrogens is 274 g/mol. The summed E-state index contributed by atoms with van der Waals surface area (Å²) in [6, 6.07) is 0. The lowest BCUT2D eigenvalue weighted by Crippen LogP contribution is -2.26. The van der Waals surface area contributed by atoms with Gasteiger partial charge in [0, 0.05) is 6.54 Å². The van der Waals surface area contributed by atoms with Gasteiger partial charge in [0.2, 0.25) is 0 Å². The van der Waals surface area contributed by atoms with Crippen molar-refractivity contribution >= 4 is 17.3 Å². The number of aromatic nitrogens is 2. The zero-order chi connectivity index (χ0) is 15.1. The first-order valence-corrected chi connectivity index (χ1v) is 7.04. The molecule has 0 radical (unpaired) electrons. The van der Waals surface area contributed by atoms with Gasteiger partial charge in [-0.25, -0.2) is 4.68 Å². The molecule has 0 unspecified atom stereocenters. The first-order chi connectivity index (χ1) is 9.23. The first kappa shape index (κ1) is 14.9. The number of nitrogens with one attached hydrogen (secondary N) is 1. The zero-order valence-electron chi connectivity index (χ0n) is 12.3. The number of rotatable bonds is 4. The molecule has 5 heteroatoms. The Labute approximate surface area is 124 Å². The molecule has 1 aromatic rings. The summed E-state index contributed by atoms with van der Waals surface area (Å²) in [5.41, 5.74) is 0.636. The van der Waals surface area contributed by atoms with E-state index in [1.807, 2.05) is 0 Å². The molecule has 1 aliphatic rings. The van der Waals surface area contributed by atoms with Crippen LogP contribution in [-0.2, 0) is 6.54 Å². The van der Waals surface area contributed by atoms with Crippen LogP contribution in [0.25, 0.3) is 0 Å². The molecule has 0 bridgehead atoms. The topological polar surface area (TPSA) is 46.9 Å². The maximum absolute atomic E-state index is 12.2. The van der Waals surface area contributed by atoms with Gasteiger partial charge in [-0.3, -0.25) is 4.79 Å². The van der Waals surface area contributed by atoms with Crippen LogP contribution in [0.1, 0.15) is 27.7 Å². The predicted molar refractivity (Wildman–Crippen MR) is 81.9 cm³/mol. The summed E-state index contributed by atoms with van der Waals surface area (Å²) in [5, 5.41) is 7.43. The Balaban J connectivity index is 2.17. The van der Waals surface area contributed by atoms with E-state index in [2.05, 4.69) is 44.0 Å². The summed E-state index contributed by atoms with van der Waals surface area (Å²) in [6.07, 6.45) is 6.67. The third-order valence-corrected chi connectivity index (χ3v) is 5.33. The predicted octanol–water partition coefficient (Wildman–Crippen LogP) is 2.62. The van der Waals surface area contributed by atoms with Crippen LogP contribution in [0, 0.1) is 29.1 Å². The van der Waals surface area contributed by atoms with Gasteiger partial charge in [-0.1, -0.05) is 45.2 Å². The van der Waals surface area contributed by atoms with E-state index in [1.54, 1.807) is 0 Å². The van der Waals surface area contributed by atoms with Crippen molar-refractivity contribution in [2.75, 3.05) is 11.9 Å². The Hall–Kier alpha value is -1.47. The highest BCUT2D eigenvalue weighted by Crippen LogP contribution is 2.68. The van der Waals surface area contributed by atoms with Crippen molar-refractivity contribution in [1.29, 1.82) is 0 Å². The van der Waals surface area contributed by atoms with Gasteiger partial charge in [0.05, 0.1) is 11.2 Å². The lowest BCUT2D eigenvalue weighted by Gasteiger charge is -2.10. The Morgan fingerprint density at radius 2 is 2.05 bits per heavy atom. The standard InChI is InChI=1S/C15H20ClN3O/c1-6-7-19-13(20)12(10(16)8-18-19)17-9-11-14(2,3)15(11,4)5/h1,8,11,17H,7,9H2,2-5H3. The SMILES string of the molecule is C#CCn1ncc(Cl)c(NCC2C(C)(C)C2(C)C)c1=O. The summed E-state index contributed by atoms with van der Waals surface area (Å²) in [4.78, 5) is 12.2. The number of halogens is 1. The minimum absolute atomic E-state index is 0.144. The third kappa shape index (κ3) is 2.20. The Morgan fingerprint density at radius 3 is 2.55 bits per heavy atom. The van der Waals surface area contributed by atoms with E-state index in [0.29, 0.717) is 16.6 Å². The summed E-state index contributed by atoms with van der Waals surface area (Å²) in [5.74, 6) is 2.90. The van der Waals surface area contributed by atoms with E-state index in [-0.39, 0.29) is 22.9 Å². The van der Waals surface area contributed by atoms with E-state index >= 15 is 0 Å². The van der Waals surface area contributed by atoms with Crippen LogP contribution < -0.4 is 10.9 Å². The molecule has 0 aliphatic heterocycles. The van der Waals surface area contributed by atoms with Gasteiger partial charge in [-0.05, 0) is 16.7 Å². The lowest BCUT2D eigenvalue weighted by atomic mass is 10.0. The van der Waals surface area contributed by atoms with Crippen LogP contribution in [0.3, 0.4) is 0 Å². The smallest absolute Gasteiger partial charge is 0.292 e. The molecule has 1 aliphatic carbocycles. The molecule has 1 saturated carbocycles. The van der Waals surface area contributed by atoms with Gasteiger partial charge < -0.3 is 5.32 Å². The van der Waals surface area contributed by atoms with Crippen molar-refractivity contribution in [3.05, 3.63) is 21.6 Å². The molecule has 1 fully saturated rings. The Bertz CT molecular complexity index is 611. The van der Waals surface area contributed by atoms with E-state index in [0.717, 1.165) is 6.54 Å². The summed E-state index contributed by atoms with van der Waals surface area (Å²) < 4.78 is 1.23. The fourth-order valence-electron chi connectivity index (χ4n) is 2.88. The minimum atomic E-state index is -0.272. The fourth-order valence-corrected chi connectivity index (χ4v) is 3.07. The van der Waals surface area contributed by atoms with E-state index < -0.39 is 0 Å². The summed E-state index contributed by atoms with van der Waals surface area (Å²) in [6.45, 7) is 9.82. The van der Waals surface area contributed by atoms with Crippen molar-refractivity contribution in [2.45, 2.75) is 34.2 Å². The number of hydrogen-bond acceptors (Lipinski definition) is 3. The van der Waals surface area contributed by atoms with Crippen molar-refractivity contribution in [2.24, 2.45) is 16.7 Å². The first-order valence-electron chi connectivity index (χ1n) is 6.66. The summed E-state index contributed by atoms with van der Waals surface area (Å²) in [7, 11) is 0. The Kier molecular flexibility index (Phi) is 3.60. The molecule has 1 aromatic heterocycles. The molecule has 2 rings (SSSR count). The van der Waals surface area contributed by atoms with Gasteiger partial charge in [-0.15, -0.1) is 6.42 Å². The maximum atomic E-state index is 12.2.